The standard InChI is InChI=1S/C10H22S/c1-8(2)10(4)6-5-9(3)7-11/h8-11H,5-7H2,1-4H3. The molecule has 0 aromatic rings. The zero-order chi connectivity index (χ0) is 8.85. The molecule has 0 saturated carbocycles. The molecule has 0 aliphatic rings. The Kier molecular flexibility index (Phi) is 6.12. The van der Waals surface area contributed by atoms with Gasteiger partial charge in [-0.25, -0.2) is 0 Å². The second-order valence-corrected chi connectivity index (χ2v) is 4.45. The van der Waals surface area contributed by atoms with E-state index in [1.54, 1.807) is 0 Å². The van der Waals surface area contributed by atoms with E-state index in [-0.39, 0.29) is 0 Å². The van der Waals surface area contributed by atoms with Crippen LogP contribution in [0.1, 0.15) is 40.5 Å². The summed E-state index contributed by atoms with van der Waals surface area (Å²) in [6.07, 6.45) is 2.70. The van der Waals surface area contributed by atoms with Crippen molar-refractivity contribution in [2.24, 2.45) is 17.8 Å². The molecule has 0 rings (SSSR count). The minimum atomic E-state index is 0.791. The first-order chi connectivity index (χ1) is 5.07. The van der Waals surface area contributed by atoms with Gasteiger partial charge in [-0.3, -0.25) is 0 Å². The van der Waals surface area contributed by atoms with E-state index in [4.69, 9.17) is 0 Å². The fourth-order valence-electron chi connectivity index (χ4n) is 0.972. The smallest absolute Gasteiger partial charge is 0.00721 e. The minimum absolute atomic E-state index is 0.791. The second kappa shape index (κ2) is 5.93. The molecule has 2 unspecified atom stereocenters. The summed E-state index contributed by atoms with van der Waals surface area (Å²) in [5, 5.41) is 0. The van der Waals surface area contributed by atoms with Crippen molar-refractivity contribution in [2.45, 2.75) is 40.5 Å². The molecule has 0 fully saturated rings. The Morgan fingerprint density at radius 1 is 1.00 bits per heavy atom. The van der Waals surface area contributed by atoms with Crippen molar-refractivity contribution in [3.63, 3.8) is 0 Å². The van der Waals surface area contributed by atoms with Crippen molar-refractivity contribution in [2.75, 3.05) is 5.75 Å². The van der Waals surface area contributed by atoms with Crippen molar-refractivity contribution in [3.8, 4) is 0 Å². The molecule has 0 aliphatic heterocycles. The van der Waals surface area contributed by atoms with Crippen LogP contribution >= 0.6 is 12.6 Å². The molecule has 0 bridgehead atoms. The van der Waals surface area contributed by atoms with Crippen molar-refractivity contribution in [1.29, 1.82) is 0 Å². The highest BCUT2D eigenvalue weighted by Gasteiger charge is 2.08. The molecular weight excluding hydrogens is 152 g/mol. The van der Waals surface area contributed by atoms with Crippen molar-refractivity contribution >= 4 is 12.6 Å². The van der Waals surface area contributed by atoms with Gasteiger partial charge in [0.25, 0.3) is 0 Å². The highest BCUT2D eigenvalue weighted by molar-refractivity contribution is 7.80. The molecule has 0 nitrogen and oxygen atoms in total. The van der Waals surface area contributed by atoms with Crippen molar-refractivity contribution < 1.29 is 0 Å². The average Bonchev–Trinajstić information content (AvgIpc) is 1.99. The summed E-state index contributed by atoms with van der Waals surface area (Å²) in [5.74, 6) is 3.53. The maximum atomic E-state index is 4.27. The molecule has 0 radical (unpaired) electrons. The van der Waals surface area contributed by atoms with E-state index in [9.17, 15) is 0 Å². The van der Waals surface area contributed by atoms with Gasteiger partial charge in [-0.15, -0.1) is 0 Å². The monoisotopic (exact) mass is 174 g/mol. The predicted molar refractivity (Wildman–Crippen MR) is 56.3 cm³/mol. The van der Waals surface area contributed by atoms with E-state index in [0.717, 1.165) is 23.5 Å². The topological polar surface area (TPSA) is 0 Å². The third-order valence-corrected chi connectivity index (χ3v) is 3.19. The Morgan fingerprint density at radius 3 is 1.91 bits per heavy atom. The third-order valence-electron chi connectivity index (χ3n) is 2.56. The van der Waals surface area contributed by atoms with Gasteiger partial charge in [-0.1, -0.05) is 34.1 Å². The van der Waals surface area contributed by atoms with E-state index in [2.05, 4.69) is 40.3 Å². The molecule has 1 heteroatoms. The first-order valence-corrected chi connectivity index (χ1v) is 5.32. The van der Waals surface area contributed by atoms with Gasteiger partial charge in [0.1, 0.15) is 0 Å². The van der Waals surface area contributed by atoms with E-state index < -0.39 is 0 Å². The van der Waals surface area contributed by atoms with Gasteiger partial charge in [0.05, 0.1) is 0 Å². The largest absolute Gasteiger partial charge is 0.179 e. The molecule has 0 aromatic heterocycles. The van der Waals surface area contributed by atoms with E-state index in [1.165, 1.54) is 12.8 Å². The number of rotatable bonds is 5. The first kappa shape index (κ1) is 11.4. The Bertz CT molecular complexity index is 88.9. The van der Waals surface area contributed by atoms with Crippen molar-refractivity contribution in [1.82, 2.24) is 0 Å². The van der Waals surface area contributed by atoms with Crippen LogP contribution in [0, 0.1) is 17.8 Å². The van der Waals surface area contributed by atoms with Crippen LogP contribution in [0.15, 0.2) is 0 Å². The number of thiol groups is 1. The molecule has 0 spiro atoms. The van der Waals surface area contributed by atoms with Gasteiger partial charge in [0, 0.05) is 0 Å². The second-order valence-electron chi connectivity index (χ2n) is 4.09. The average molecular weight is 174 g/mol. The zero-order valence-corrected chi connectivity index (χ0v) is 9.20. The molecule has 0 saturated heterocycles. The molecule has 0 amide bonds. The van der Waals surface area contributed by atoms with Crippen LogP contribution in [0.2, 0.25) is 0 Å². The third kappa shape index (κ3) is 5.60. The van der Waals surface area contributed by atoms with Crippen LogP contribution in [0.4, 0.5) is 0 Å². The number of hydrogen-bond acceptors (Lipinski definition) is 1. The zero-order valence-electron chi connectivity index (χ0n) is 8.30. The molecule has 0 aliphatic carbocycles. The fraction of sp³-hybridized carbons (Fsp3) is 1.00. The Hall–Kier alpha value is 0.350. The lowest BCUT2D eigenvalue weighted by Gasteiger charge is -2.17. The minimum Gasteiger partial charge on any atom is -0.179 e. The van der Waals surface area contributed by atoms with E-state index in [0.29, 0.717) is 0 Å². The Balaban J connectivity index is 3.37. The van der Waals surface area contributed by atoms with Crippen molar-refractivity contribution in [3.05, 3.63) is 0 Å². The molecule has 68 valence electrons. The SMILES string of the molecule is CC(CS)CCC(C)C(C)C. The summed E-state index contributed by atoms with van der Waals surface area (Å²) in [5.41, 5.74) is 0. The van der Waals surface area contributed by atoms with Gasteiger partial charge in [0.2, 0.25) is 0 Å². The van der Waals surface area contributed by atoms with Gasteiger partial charge >= 0.3 is 0 Å². The Labute approximate surface area is 77.2 Å². The Morgan fingerprint density at radius 2 is 1.55 bits per heavy atom. The summed E-state index contributed by atoms with van der Waals surface area (Å²) in [6.45, 7) is 9.22. The van der Waals surface area contributed by atoms with Crippen LogP contribution < -0.4 is 0 Å². The van der Waals surface area contributed by atoms with Gasteiger partial charge in [-0.05, 0) is 29.9 Å². The number of hydrogen-bond donors (Lipinski definition) is 1. The van der Waals surface area contributed by atoms with Crippen LogP contribution in [0.3, 0.4) is 0 Å². The summed E-state index contributed by atoms with van der Waals surface area (Å²) >= 11 is 4.27. The molecule has 0 aromatic carbocycles. The lowest BCUT2D eigenvalue weighted by molar-refractivity contribution is 0.360. The first-order valence-electron chi connectivity index (χ1n) is 4.68. The van der Waals surface area contributed by atoms with E-state index >= 15 is 0 Å². The van der Waals surface area contributed by atoms with E-state index in [1.807, 2.05) is 0 Å². The predicted octanol–water partition coefficient (Wildman–Crippen LogP) is 3.62. The molecule has 0 heterocycles. The highest BCUT2D eigenvalue weighted by atomic mass is 32.1. The van der Waals surface area contributed by atoms with Crippen LogP contribution in [-0.4, -0.2) is 5.75 Å². The summed E-state index contributed by atoms with van der Waals surface area (Å²) in [4.78, 5) is 0. The van der Waals surface area contributed by atoms with Crippen LogP contribution in [-0.2, 0) is 0 Å². The molecule has 11 heavy (non-hydrogen) atoms. The van der Waals surface area contributed by atoms with Crippen LogP contribution in [0.5, 0.6) is 0 Å². The fourth-order valence-corrected chi connectivity index (χ4v) is 1.15. The van der Waals surface area contributed by atoms with Gasteiger partial charge in [-0.2, -0.15) is 12.6 Å². The summed E-state index contributed by atoms with van der Waals surface area (Å²) in [7, 11) is 0. The summed E-state index contributed by atoms with van der Waals surface area (Å²) < 4.78 is 0. The maximum absolute atomic E-state index is 4.27. The molecular formula is C10H22S. The molecule has 2 atom stereocenters. The summed E-state index contributed by atoms with van der Waals surface area (Å²) in [6, 6.07) is 0. The van der Waals surface area contributed by atoms with Crippen LogP contribution in [0.25, 0.3) is 0 Å². The lowest BCUT2D eigenvalue weighted by atomic mass is 9.90. The quantitative estimate of drug-likeness (QED) is 0.605. The van der Waals surface area contributed by atoms with Gasteiger partial charge in [0.15, 0.2) is 0 Å². The normalized spacial score (nSPS) is 16.9. The molecule has 0 N–H and O–H groups in total. The highest BCUT2D eigenvalue weighted by Crippen LogP contribution is 2.19. The van der Waals surface area contributed by atoms with Gasteiger partial charge < -0.3 is 0 Å². The maximum Gasteiger partial charge on any atom is -0.00721 e. The lowest BCUT2D eigenvalue weighted by Crippen LogP contribution is -2.06.